The van der Waals surface area contributed by atoms with Crippen LogP contribution < -0.4 is 10.2 Å². The quantitative estimate of drug-likeness (QED) is 0.750. The number of carbonyl (C=O) groups excluding carboxylic acids is 1. The number of nitrogens with zero attached hydrogens (tertiary/aromatic N) is 6. The Labute approximate surface area is 157 Å². The zero-order chi connectivity index (χ0) is 18.8. The second-order valence-corrected chi connectivity index (χ2v) is 7.28. The van der Waals surface area contributed by atoms with E-state index in [0.29, 0.717) is 18.0 Å². The first kappa shape index (κ1) is 17.4. The first-order chi connectivity index (χ1) is 13.1. The van der Waals surface area contributed by atoms with Gasteiger partial charge < -0.3 is 14.8 Å². The van der Waals surface area contributed by atoms with E-state index in [2.05, 4.69) is 37.1 Å². The number of hydrogen-bond donors (Lipinski definition) is 1. The third-order valence-electron chi connectivity index (χ3n) is 4.82. The molecule has 1 fully saturated rings. The molecular weight excluding hydrogens is 342 g/mol. The van der Waals surface area contributed by atoms with Crippen LogP contribution in [0.1, 0.15) is 19.0 Å². The number of amides is 1. The summed E-state index contributed by atoms with van der Waals surface area (Å²) in [7, 11) is 1.90. The minimum Gasteiger partial charge on any atom is -0.367 e. The lowest BCUT2D eigenvalue weighted by atomic mass is 9.95. The van der Waals surface area contributed by atoms with E-state index in [1.807, 2.05) is 23.9 Å². The van der Waals surface area contributed by atoms with Gasteiger partial charge in [0.25, 0.3) is 0 Å². The Morgan fingerprint density at radius 2 is 2.00 bits per heavy atom. The molecule has 0 bridgehead atoms. The van der Waals surface area contributed by atoms with Crippen molar-refractivity contribution in [1.82, 2.24) is 29.8 Å². The number of imidazole rings is 1. The normalized spacial score (nSPS) is 20.0. The molecule has 0 unspecified atom stereocenters. The fourth-order valence-electron chi connectivity index (χ4n) is 3.77. The van der Waals surface area contributed by atoms with Crippen LogP contribution in [-0.4, -0.2) is 49.5 Å². The predicted octanol–water partition coefficient (Wildman–Crippen LogP) is 1.33. The second-order valence-electron chi connectivity index (χ2n) is 7.28. The minimum atomic E-state index is 0.00660. The topological polar surface area (TPSA) is 88.8 Å². The summed E-state index contributed by atoms with van der Waals surface area (Å²) in [5.74, 6) is 0.464. The standard InChI is InChI=1S/C19H23N7O/c1-13-7-15(24-17(27)8-14-10-25(2)12-23-14)11-26(9-13)16-3-4-21-19-18(16)20-5-6-22-19/h3-6,10,12-13,15H,7-9,11H2,1-2H3,(H,24,27)/t13-,15+/m0/s1. The molecule has 1 N–H and O–H groups in total. The summed E-state index contributed by atoms with van der Waals surface area (Å²) in [6, 6.07) is 2.06. The molecule has 0 saturated carbocycles. The number of aromatic nitrogens is 5. The zero-order valence-corrected chi connectivity index (χ0v) is 15.5. The molecule has 8 nitrogen and oxygen atoms in total. The van der Waals surface area contributed by atoms with E-state index in [0.717, 1.165) is 36.4 Å². The van der Waals surface area contributed by atoms with Gasteiger partial charge in [-0.3, -0.25) is 4.79 Å². The minimum absolute atomic E-state index is 0.00660. The summed E-state index contributed by atoms with van der Waals surface area (Å²) >= 11 is 0. The number of pyridine rings is 1. The van der Waals surface area contributed by atoms with Crippen LogP contribution in [-0.2, 0) is 18.3 Å². The smallest absolute Gasteiger partial charge is 0.226 e. The molecule has 0 spiro atoms. The Balaban J connectivity index is 1.48. The molecule has 140 valence electrons. The number of aryl methyl sites for hydroxylation is 1. The van der Waals surface area contributed by atoms with E-state index in [4.69, 9.17) is 0 Å². The van der Waals surface area contributed by atoms with Crippen molar-refractivity contribution in [3.63, 3.8) is 0 Å². The molecular formula is C19H23N7O. The summed E-state index contributed by atoms with van der Waals surface area (Å²) in [4.78, 5) is 32.0. The fourth-order valence-corrected chi connectivity index (χ4v) is 3.77. The number of anilines is 1. The van der Waals surface area contributed by atoms with Gasteiger partial charge >= 0.3 is 0 Å². The van der Waals surface area contributed by atoms with Crippen molar-refractivity contribution in [2.45, 2.75) is 25.8 Å². The van der Waals surface area contributed by atoms with Gasteiger partial charge in [-0.25, -0.2) is 19.9 Å². The van der Waals surface area contributed by atoms with Gasteiger partial charge in [0.05, 0.1) is 24.1 Å². The van der Waals surface area contributed by atoms with E-state index in [-0.39, 0.29) is 11.9 Å². The van der Waals surface area contributed by atoms with Gasteiger partial charge in [-0.2, -0.15) is 0 Å². The third kappa shape index (κ3) is 3.89. The van der Waals surface area contributed by atoms with Crippen molar-refractivity contribution in [3.05, 3.63) is 42.9 Å². The van der Waals surface area contributed by atoms with Crippen LogP contribution in [0.25, 0.3) is 11.2 Å². The monoisotopic (exact) mass is 365 g/mol. The molecule has 1 saturated heterocycles. The molecule has 0 aromatic carbocycles. The first-order valence-electron chi connectivity index (χ1n) is 9.15. The van der Waals surface area contributed by atoms with E-state index < -0.39 is 0 Å². The average Bonchev–Trinajstić information content (AvgIpc) is 3.05. The van der Waals surface area contributed by atoms with Gasteiger partial charge in [-0.15, -0.1) is 0 Å². The summed E-state index contributed by atoms with van der Waals surface area (Å²) in [6.45, 7) is 3.87. The molecule has 2 atom stereocenters. The van der Waals surface area contributed by atoms with Crippen molar-refractivity contribution < 1.29 is 4.79 Å². The fraction of sp³-hybridized carbons (Fsp3) is 0.421. The van der Waals surface area contributed by atoms with E-state index in [9.17, 15) is 4.79 Å². The molecule has 4 heterocycles. The van der Waals surface area contributed by atoms with Gasteiger partial charge in [0.15, 0.2) is 5.65 Å². The highest BCUT2D eigenvalue weighted by Crippen LogP contribution is 2.27. The predicted molar refractivity (Wildman–Crippen MR) is 102 cm³/mol. The second kappa shape index (κ2) is 7.30. The maximum absolute atomic E-state index is 12.4. The first-order valence-corrected chi connectivity index (χ1v) is 9.15. The summed E-state index contributed by atoms with van der Waals surface area (Å²) in [5, 5.41) is 3.17. The molecule has 0 aliphatic carbocycles. The lowest BCUT2D eigenvalue weighted by molar-refractivity contribution is -0.121. The molecule has 3 aromatic rings. The molecule has 1 aliphatic heterocycles. The number of rotatable bonds is 4. The van der Waals surface area contributed by atoms with Crippen LogP contribution in [0.4, 0.5) is 5.69 Å². The van der Waals surface area contributed by atoms with Crippen LogP contribution in [0.3, 0.4) is 0 Å². The van der Waals surface area contributed by atoms with Crippen molar-refractivity contribution in [2.75, 3.05) is 18.0 Å². The number of nitrogens with one attached hydrogen (secondary N) is 1. The van der Waals surface area contributed by atoms with E-state index in [1.165, 1.54) is 0 Å². The maximum Gasteiger partial charge on any atom is 0.226 e. The Kier molecular flexibility index (Phi) is 4.70. The molecule has 1 amide bonds. The molecule has 4 rings (SSSR count). The van der Waals surface area contributed by atoms with Gasteiger partial charge in [0.2, 0.25) is 5.91 Å². The molecule has 1 aliphatic rings. The number of piperidine rings is 1. The SMILES string of the molecule is C[C@H]1C[C@@H](NC(=O)Cc2cn(C)cn2)CN(c2ccnc3nccnc23)C1. The van der Waals surface area contributed by atoms with Gasteiger partial charge in [0.1, 0.15) is 5.52 Å². The Hall–Kier alpha value is -3.03. The Morgan fingerprint density at radius 3 is 2.81 bits per heavy atom. The molecule has 27 heavy (non-hydrogen) atoms. The van der Waals surface area contributed by atoms with Crippen LogP contribution in [0.2, 0.25) is 0 Å². The Bertz CT molecular complexity index is 949. The average molecular weight is 365 g/mol. The number of carbonyl (C=O) groups is 1. The summed E-state index contributed by atoms with van der Waals surface area (Å²) in [5.41, 5.74) is 3.24. The van der Waals surface area contributed by atoms with Crippen molar-refractivity contribution in [1.29, 1.82) is 0 Å². The molecule has 0 radical (unpaired) electrons. The third-order valence-corrected chi connectivity index (χ3v) is 4.82. The lowest BCUT2D eigenvalue weighted by Crippen LogP contribution is -2.50. The van der Waals surface area contributed by atoms with Crippen molar-refractivity contribution in [3.8, 4) is 0 Å². The summed E-state index contributed by atoms with van der Waals surface area (Å²) in [6.07, 6.45) is 9.94. The van der Waals surface area contributed by atoms with Gasteiger partial charge in [0, 0.05) is 51.0 Å². The highest BCUT2D eigenvalue weighted by Gasteiger charge is 2.27. The Morgan fingerprint density at radius 1 is 1.19 bits per heavy atom. The van der Waals surface area contributed by atoms with Crippen LogP contribution >= 0.6 is 0 Å². The molecule has 3 aromatic heterocycles. The maximum atomic E-state index is 12.4. The van der Waals surface area contributed by atoms with Crippen molar-refractivity contribution in [2.24, 2.45) is 13.0 Å². The van der Waals surface area contributed by atoms with Crippen LogP contribution in [0, 0.1) is 5.92 Å². The van der Waals surface area contributed by atoms with E-state index in [1.54, 1.807) is 24.9 Å². The van der Waals surface area contributed by atoms with Gasteiger partial charge in [-0.1, -0.05) is 6.92 Å². The summed E-state index contributed by atoms with van der Waals surface area (Å²) < 4.78 is 1.85. The van der Waals surface area contributed by atoms with E-state index >= 15 is 0 Å². The lowest BCUT2D eigenvalue weighted by Gasteiger charge is -2.38. The highest BCUT2D eigenvalue weighted by atomic mass is 16.1. The van der Waals surface area contributed by atoms with Crippen LogP contribution in [0.5, 0.6) is 0 Å². The number of fused-ring (bicyclic) bond motifs is 1. The van der Waals surface area contributed by atoms with Crippen LogP contribution in [0.15, 0.2) is 37.2 Å². The van der Waals surface area contributed by atoms with Crippen molar-refractivity contribution >= 4 is 22.8 Å². The largest absolute Gasteiger partial charge is 0.367 e. The molecule has 8 heteroatoms. The van der Waals surface area contributed by atoms with Gasteiger partial charge in [-0.05, 0) is 18.4 Å². The highest BCUT2D eigenvalue weighted by molar-refractivity contribution is 5.85. The number of hydrogen-bond acceptors (Lipinski definition) is 6. The zero-order valence-electron chi connectivity index (χ0n) is 15.5.